The summed E-state index contributed by atoms with van der Waals surface area (Å²) in [6.07, 6.45) is 6.38. The summed E-state index contributed by atoms with van der Waals surface area (Å²) in [6, 6.07) is 3.48. The third-order valence-corrected chi connectivity index (χ3v) is 4.14. The highest BCUT2D eigenvalue weighted by Gasteiger charge is 2.16. The van der Waals surface area contributed by atoms with Crippen molar-refractivity contribution in [3.8, 4) is 0 Å². The number of nitrogens with one attached hydrogen (secondary N) is 1. The summed E-state index contributed by atoms with van der Waals surface area (Å²) in [7, 11) is 0. The molecule has 0 unspecified atom stereocenters. The van der Waals surface area contributed by atoms with Crippen molar-refractivity contribution in [1.82, 2.24) is 10.3 Å². The normalized spacial score (nSPS) is 16.4. The van der Waals surface area contributed by atoms with Crippen molar-refractivity contribution in [3.05, 3.63) is 28.5 Å². The van der Waals surface area contributed by atoms with Crippen LogP contribution in [-0.2, 0) is 0 Å². The minimum absolute atomic E-state index is 0.0400. The number of carbonyl (C=O) groups excluding carboxylic acids is 1. The molecule has 1 amide bonds. The second-order valence-corrected chi connectivity index (χ2v) is 6.36. The maximum absolute atomic E-state index is 12.2. The van der Waals surface area contributed by atoms with Crippen molar-refractivity contribution in [1.29, 1.82) is 0 Å². The first-order valence-corrected chi connectivity index (χ1v) is 7.89. The summed E-state index contributed by atoms with van der Waals surface area (Å²) in [5, 5.41) is 3.42. The number of halogens is 1. The van der Waals surface area contributed by atoms with E-state index in [1.807, 2.05) is 19.9 Å². The molecule has 0 aromatic carbocycles. The Morgan fingerprint density at radius 3 is 2.70 bits per heavy atom. The van der Waals surface area contributed by atoms with E-state index in [2.05, 4.69) is 10.3 Å². The zero-order valence-corrected chi connectivity index (χ0v) is 13.0. The Kier molecular flexibility index (Phi) is 5.41. The number of pyridine rings is 1. The number of nitrogens with zero attached hydrogens (tertiary/aromatic N) is 1. The van der Waals surface area contributed by atoms with E-state index in [-0.39, 0.29) is 11.8 Å². The van der Waals surface area contributed by atoms with Gasteiger partial charge in [-0.3, -0.25) is 4.79 Å². The number of hydrogen-bond acceptors (Lipinski definition) is 2. The lowest BCUT2D eigenvalue weighted by Gasteiger charge is -2.21. The summed E-state index contributed by atoms with van der Waals surface area (Å²) >= 11 is 6.00. The van der Waals surface area contributed by atoms with Gasteiger partial charge in [0, 0.05) is 17.8 Å². The largest absolute Gasteiger partial charge is 0.352 e. The van der Waals surface area contributed by atoms with Gasteiger partial charge >= 0.3 is 0 Å². The Hall–Kier alpha value is -1.09. The van der Waals surface area contributed by atoms with Gasteiger partial charge in [0.05, 0.1) is 0 Å². The molecule has 0 atom stereocenters. The molecule has 1 heterocycles. The van der Waals surface area contributed by atoms with Crippen LogP contribution in [0.2, 0.25) is 5.15 Å². The zero-order chi connectivity index (χ0) is 14.5. The van der Waals surface area contributed by atoms with Crippen LogP contribution in [0.15, 0.2) is 12.1 Å². The molecule has 110 valence electrons. The summed E-state index contributed by atoms with van der Waals surface area (Å²) in [5.74, 6) is 0.856. The van der Waals surface area contributed by atoms with Gasteiger partial charge < -0.3 is 5.32 Å². The number of amides is 1. The number of hydrogen-bond donors (Lipinski definition) is 1. The van der Waals surface area contributed by atoms with Crippen molar-refractivity contribution in [3.63, 3.8) is 0 Å². The number of rotatable bonds is 4. The molecule has 0 radical (unpaired) electrons. The maximum Gasteiger partial charge on any atom is 0.251 e. The van der Waals surface area contributed by atoms with Crippen molar-refractivity contribution in [2.24, 2.45) is 5.92 Å². The Morgan fingerprint density at radius 2 is 2.05 bits per heavy atom. The molecule has 4 heteroatoms. The van der Waals surface area contributed by atoms with E-state index in [1.54, 1.807) is 6.07 Å². The smallest absolute Gasteiger partial charge is 0.251 e. The van der Waals surface area contributed by atoms with Gasteiger partial charge in [0.25, 0.3) is 5.91 Å². The zero-order valence-electron chi connectivity index (χ0n) is 12.3. The lowest BCUT2D eigenvalue weighted by atomic mass is 9.89. The SMILES string of the molecule is CC(C)c1cc(C(=O)NCC2CCCCC2)cc(Cl)n1. The minimum Gasteiger partial charge on any atom is -0.352 e. The fourth-order valence-corrected chi connectivity index (χ4v) is 2.89. The van der Waals surface area contributed by atoms with Crippen LogP contribution < -0.4 is 5.32 Å². The van der Waals surface area contributed by atoms with E-state index in [1.165, 1.54) is 32.1 Å². The van der Waals surface area contributed by atoms with Crippen LogP contribution in [0.25, 0.3) is 0 Å². The molecule has 1 aliphatic rings. The molecule has 3 nitrogen and oxygen atoms in total. The van der Waals surface area contributed by atoms with E-state index < -0.39 is 0 Å². The van der Waals surface area contributed by atoms with Gasteiger partial charge in [-0.1, -0.05) is 44.7 Å². The Balaban J connectivity index is 1.97. The van der Waals surface area contributed by atoms with Gasteiger partial charge in [-0.15, -0.1) is 0 Å². The van der Waals surface area contributed by atoms with Crippen LogP contribution >= 0.6 is 11.6 Å². The van der Waals surface area contributed by atoms with Crippen LogP contribution in [0.3, 0.4) is 0 Å². The first-order chi connectivity index (χ1) is 9.56. The van der Waals surface area contributed by atoms with E-state index in [4.69, 9.17) is 11.6 Å². The van der Waals surface area contributed by atoms with Crippen molar-refractivity contribution < 1.29 is 4.79 Å². The lowest BCUT2D eigenvalue weighted by Crippen LogP contribution is -2.30. The highest BCUT2D eigenvalue weighted by Crippen LogP contribution is 2.23. The fraction of sp³-hybridized carbons (Fsp3) is 0.625. The van der Waals surface area contributed by atoms with Gasteiger partial charge in [0.1, 0.15) is 5.15 Å². The third-order valence-electron chi connectivity index (χ3n) is 3.94. The summed E-state index contributed by atoms with van der Waals surface area (Å²) in [6.45, 7) is 4.86. The maximum atomic E-state index is 12.2. The molecule has 0 bridgehead atoms. The monoisotopic (exact) mass is 294 g/mol. The predicted molar refractivity (Wildman–Crippen MR) is 82.2 cm³/mol. The standard InChI is InChI=1S/C16H23ClN2O/c1-11(2)14-8-13(9-15(17)19-14)16(20)18-10-12-6-4-3-5-7-12/h8-9,11-12H,3-7,10H2,1-2H3,(H,18,20). The molecular weight excluding hydrogens is 272 g/mol. The average molecular weight is 295 g/mol. The fourth-order valence-electron chi connectivity index (χ4n) is 2.67. The Bertz CT molecular complexity index is 468. The average Bonchev–Trinajstić information content (AvgIpc) is 2.45. The molecule has 1 fully saturated rings. The van der Waals surface area contributed by atoms with Crippen LogP contribution in [0, 0.1) is 5.92 Å². The quantitative estimate of drug-likeness (QED) is 0.847. The van der Waals surface area contributed by atoms with Crippen molar-refractivity contribution >= 4 is 17.5 Å². The number of aromatic nitrogens is 1. The summed E-state index contributed by atoms with van der Waals surface area (Å²) in [4.78, 5) is 16.5. The topological polar surface area (TPSA) is 42.0 Å². The highest BCUT2D eigenvalue weighted by molar-refractivity contribution is 6.29. The minimum atomic E-state index is -0.0400. The first kappa shape index (κ1) is 15.3. The van der Waals surface area contributed by atoms with Crippen molar-refractivity contribution in [2.45, 2.75) is 51.9 Å². The lowest BCUT2D eigenvalue weighted by molar-refractivity contribution is 0.0943. The van der Waals surface area contributed by atoms with Crippen LogP contribution in [-0.4, -0.2) is 17.4 Å². The van der Waals surface area contributed by atoms with Crippen molar-refractivity contribution in [2.75, 3.05) is 6.54 Å². The van der Waals surface area contributed by atoms with Gasteiger partial charge in [0.15, 0.2) is 0 Å². The van der Waals surface area contributed by atoms with Crippen LogP contribution in [0.5, 0.6) is 0 Å². The van der Waals surface area contributed by atoms with Gasteiger partial charge in [0.2, 0.25) is 0 Å². The van der Waals surface area contributed by atoms with Crippen LogP contribution in [0.4, 0.5) is 0 Å². The van der Waals surface area contributed by atoms with E-state index in [0.717, 1.165) is 12.2 Å². The molecular formula is C16H23ClN2O. The second-order valence-electron chi connectivity index (χ2n) is 5.97. The molecule has 1 saturated carbocycles. The molecule has 1 N–H and O–H groups in total. The molecule has 0 spiro atoms. The molecule has 1 aliphatic carbocycles. The Labute approximate surface area is 126 Å². The third kappa shape index (κ3) is 4.20. The highest BCUT2D eigenvalue weighted by atomic mass is 35.5. The molecule has 2 rings (SSSR count). The van der Waals surface area contributed by atoms with Gasteiger partial charge in [-0.05, 0) is 36.8 Å². The van der Waals surface area contributed by atoms with Gasteiger partial charge in [-0.25, -0.2) is 4.98 Å². The predicted octanol–water partition coefficient (Wildman–Crippen LogP) is 4.17. The Morgan fingerprint density at radius 1 is 1.35 bits per heavy atom. The van der Waals surface area contributed by atoms with E-state index >= 15 is 0 Å². The molecule has 0 aliphatic heterocycles. The summed E-state index contributed by atoms with van der Waals surface area (Å²) in [5.41, 5.74) is 1.48. The van der Waals surface area contributed by atoms with E-state index in [0.29, 0.717) is 16.6 Å². The molecule has 1 aromatic rings. The van der Waals surface area contributed by atoms with Crippen LogP contribution in [0.1, 0.15) is 67.9 Å². The summed E-state index contributed by atoms with van der Waals surface area (Å²) < 4.78 is 0. The second kappa shape index (κ2) is 7.07. The van der Waals surface area contributed by atoms with Gasteiger partial charge in [-0.2, -0.15) is 0 Å². The molecule has 0 saturated heterocycles. The number of carbonyl (C=O) groups is 1. The first-order valence-electron chi connectivity index (χ1n) is 7.52. The van der Waals surface area contributed by atoms with E-state index in [9.17, 15) is 4.79 Å². The molecule has 1 aromatic heterocycles. The molecule has 20 heavy (non-hydrogen) atoms.